The van der Waals surface area contributed by atoms with Crippen molar-refractivity contribution < 1.29 is 18.4 Å². The highest BCUT2D eigenvalue weighted by molar-refractivity contribution is 6.74. The second-order valence-corrected chi connectivity index (χ2v) is 22.4. The highest BCUT2D eigenvalue weighted by Gasteiger charge is 2.51. The average molecular weight is 538 g/mol. The molecule has 10 nitrogen and oxygen atoms in total. The summed E-state index contributed by atoms with van der Waals surface area (Å²) in [6, 6.07) is 0. The number of ketones is 1. The summed E-state index contributed by atoms with van der Waals surface area (Å²) in [5, 5.41) is -0.121. The fourth-order valence-electron chi connectivity index (χ4n) is 3.80. The van der Waals surface area contributed by atoms with Crippen molar-refractivity contribution >= 4 is 39.5 Å². The number of anilines is 1. The quantitative estimate of drug-likeness (QED) is 0.498. The lowest BCUT2D eigenvalue weighted by Crippen LogP contribution is -2.54. The zero-order valence-corrected chi connectivity index (χ0v) is 25.6. The molecule has 0 saturated carbocycles. The lowest BCUT2D eigenvalue weighted by atomic mass is 10.1. The van der Waals surface area contributed by atoms with Gasteiger partial charge in [-0.3, -0.25) is 19.1 Å². The minimum atomic E-state index is -2.31. The van der Waals surface area contributed by atoms with Crippen molar-refractivity contribution in [2.24, 2.45) is 0 Å². The number of nitrogens with zero attached hydrogens (tertiary/aromatic N) is 3. The molecular weight excluding hydrogens is 494 g/mol. The lowest BCUT2D eigenvalue weighted by Gasteiger charge is -2.43. The fourth-order valence-corrected chi connectivity index (χ4v) is 6.43. The van der Waals surface area contributed by atoms with Crippen LogP contribution in [0.2, 0.25) is 36.3 Å². The van der Waals surface area contributed by atoms with Crippen LogP contribution in [-0.2, 0) is 18.4 Å². The number of nitrogen functional groups attached to an aromatic ring is 1. The van der Waals surface area contributed by atoms with E-state index in [0.717, 1.165) is 0 Å². The Labute approximate surface area is 215 Å². The van der Waals surface area contributed by atoms with Crippen molar-refractivity contribution in [3.05, 3.63) is 16.7 Å². The SMILES string of the molecule is CC(=O)C(O[Si](C)(C)C(C)(C)C)[C@H]1O[C@@H](n2cnc3c(=O)[nH]c(N)nc32)C[C@@H]1O[Si](C)(C)C(C)(C)C. The van der Waals surface area contributed by atoms with E-state index in [0.29, 0.717) is 12.1 Å². The van der Waals surface area contributed by atoms with Crippen molar-refractivity contribution in [1.82, 2.24) is 19.5 Å². The van der Waals surface area contributed by atoms with E-state index < -0.39 is 40.6 Å². The molecule has 2 aromatic rings. The molecule has 3 N–H and O–H groups in total. The van der Waals surface area contributed by atoms with E-state index in [1.54, 1.807) is 11.5 Å². The summed E-state index contributed by atoms with van der Waals surface area (Å²) < 4.78 is 21.8. The zero-order chi connectivity index (χ0) is 27.4. The Morgan fingerprint density at radius 2 is 1.75 bits per heavy atom. The third-order valence-corrected chi connectivity index (χ3v) is 17.0. The molecule has 0 aliphatic carbocycles. The summed E-state index contributed by atoms with van der Waals surface area (Å²) in [6.45, 7) is 23.1. The molecule has 4 atom stereocenters. The van der Waals surface area contributed by atoms with Crippen LogP contribution in [0.15, 0.2) is 11.1 Å². The van der Waals surface area contributed by atoms with Gasteiger partial charge in [-0.2, -0.15) is 4.98 Å². The second-order valence-electron chi connectivity index (χ2n) is 12.9. The maximum atomic E-state index is 13.0. The number of nitrogens with two attached hydrogens (primary N) is 1. The van der Waals surface area contributed by atoms with Gasteiger partial charge in [-0.15, -0.1) is 0 Å². The molecule has 1 fully saturated rings. The van der Waals surface area contributed by atoms with Crippen LogP contribution in [0.1, 0.15) is 61.1 Å². The first-order valence-electron chi connectivity index (χ1n) is 12.5. The van der Waals surface area contributed by atoms with E-state index in [1.165, 1.54) is 6.33 Å². The number of Topliss-reactive ketones (excluding diaryl/α,β-unsaturated/α-hetero) is 1. The van der Waals surface area contributed by atoms with Crippen molar-refractivity contribution in [3.63, 3.8) is 0 Å². The highest BCUT2D eigenvalue weighted by atomic mass is 28.4. The molecule has 36 heavy (non-hydrogen) atoms. The summed E-state index contributed by atoms with van der Waals surface area (Å²) in [4.78, 5) is 36.4. The number of aromatic amines is 1. The van der Waals surface area contributed by atoms with E-state index in [9.17, 15) is 9.59 Å². The van der Waals surface area contributed by atoms with Gasteiger partial charge in [0.1, 0.15) is 18.4 Å². The average Bonchev–Trinajstić information content (AvgIpc) is 3.28. The van der Waals surface area contributed by atoms with Crippen LogP contribution in [0.4, 0.5) is 5.95 Å². The van der Waals surface area contributed by atoms with Crippen LogP contribution in [0.5, 0.6) is 0 Å². The number of carbonyl (C=O) groups is 1. The molecule has 2 aromatic heterocycles. The smallest absolute Gasteiger partial charge is 0.280 e. The Morgan fingerprint density at radius 1 is 1.17 bits per heavy atom. The number of hydrogen-bond acceptors (Lipinski definition) is 8. The molecule has 3 heterocycles. The molecule has 202 valence electrons. The lowest BCUT2D eigenvalue weighted by molar-refractivity contribution is -0.136. The summed E-state index contributed by atoms with van der Waals surface area (Å²) >= 11 is 0. The van der Waals surface area contributed by atoms with Gasteiger partial charge in [0.25, 0.3) is 5.56 Å². The summed E-state index contributed by atoms with van der Waals surface area (Å²) in [6.07, 6.45) is -0.337. The number of ether oxygens (including phenoxy) is 1. The van der Waals surface area contributed by atoms with Crippen molar-refractivity contribution in [2.75, 3.05) is 5.73 Å². The van der Waals surface area contributed by atoms with Crippen LogP contribution >= 0.6 is 0 Å². The first-order chi connectivity index (χ1) is 16.2. The zero-order valence-electron chi connectivity index (χ0n) is 23.6. The van der Waals surface area contributed by atoms with Crippen LogP contribution in [-0.4, -0.2) is 60.2 Å². The fraction of sp³-hybridized carbons (Fsp3) is 0.750. The molecule has 1 aliphatic heterocycles. The van der Waals surface area contributed by atoms with Crippen molar-refractivity contribution in [2.45, 2.75) is 116 Å². The maximum Gasteiger partial charge on any atom is 0.280 e. The molecule has 1 saturated heterocycles. The number of nitrogens with one attached hydrogen (secondary N) is 1. The van der Waals surface area contributed by atoms with Gasteiger partial charge >= 0.3 is 0 Å². The molecule has 0 aromatic carbocycles. The number of aromatic nitrogens is 4. The summed E-state index contributed by atoms with van der Waals surface area (Å²) in [5.41, 5.74) is 5.90. The van der Waals surface area contributed by atoms with Crippen LogP contribution in [0, 0.1) is 0 Å². The largest absolute Gasteiger partial charge is 0.411 e. The molecule has 1 unspecified atom stereocenters. The van der Waals surface area contributed by atoms with Gasteiger partial charge in [-0.1, -0.05) is 41.5 Å². The number of hydrogen-bond donors (Lipinski definition) is 2. The van der Waals surface area contributed by atoms with E-state index in [2.05, 4.69) is 82.7 Å². The third-order valence-electron chi connectivity index (χ3n) is 8.05. The number of imidazole rings is 1. The van der Waals surface area contributed by atoms with Gasteiger partial charge in [0.15, 0.2) is 33.6 Å². The monoisotopic (exact) mass is 537 g/mol. The highest BCUT2D eigenvalue weighted by Crippen LogP contribution is 2.44. The minimum Gasteiger partial charge on any atom is -0.411 e. The predicted octanol–water partition coefficient (Wildman–Crippen LogP) is 4.36. The molecule has 0 bridgehead atoms. The van der Waals surface area contributed by atoms with Gasteiger partial charge in [-0.05, 0) is 43.2 Å². The molecule has 12 heteroatoms. The summed E-state index contributed by atoms with van der Waals surface area (Å²) in [5.74, 6) is -0.0932. The van der Waals surface area contributed by atoms with E-state index in [1.807, 2.05) is 0 Å². The summed E-state index contributed by atoms with van der Waals surface area (Å²) in [7, 11) is -4.53. The number of rotatable bonds is 7. The van der Waals surface area contributed by atoms with Crippen molar-refractivity contribution in [1.29, 1.82) is 0 Å². The van der Waals surface area contributed by atoms with Gasteiger partial charge in [0.05, 0.1) is 12.4 Å². The molecule has 0 spiro atoms. The van der Waals surface area contributed by atoms with Crippen molar-refractivity contribution in [3.8, 4) is 0 Å². The Balaban J connectivity index is 2.05. The van der Waals surface area contributed by atoms with Gasteiger partial charge in [0, 0.05) is 6.42 Å². The normalized spacial score (nSPS) is 22.8. The number of carbonyl (C=O) groups excluding carboxylic acids is 1. The maximum absolute atomic E-state index is 13.0. The second kappa shape index (κ2) is 9.46. The Morgan fingerprint density at radius 3 is 2.28 bits per heavy atom. The molecule has 0 amide bonds. The Bertz CT molecular complexity index is 1180. The Hall–Kier alpha value is -1.87. The van der Waals surface area contributed by atoms with E-state index in [4.69, 9.17) is 19.3 Å². The van der Waals surface area contributed by atoms with E-state index >= 15 is 0 Å². The topological polar surface area (TPSA) is 134 Å². The van der Waals surface area contributed by atoms with Gasteiger partial charge < -0.3 is 19.3 Å². The minimum absolute atomic E-state index is 0.000688. The molecule has 1 aliphatic rings. The standard InChI is InChI=1S/C24H43N5O5Si2/c1-14(30)18(34-36(10,11)24(5,6)7)19-15(33-35(8,9)23(2,3)4)12-16(32-19)29-13-26-17-20(29)27-22(25)28-21(17)31/h13,15-16,18-19H,12H2,1-11H3,(H3,25,27,28,31)/t15-,16+,18?,19-/m0/s1. The molecule has 0 radical (unpaired) electrons. The van der Waals surface area contributed by atoms with Gasteiger partial charge in [-0.25, -0.2) is 4.98 Å². The van der Waals surface area contributed by atoms with E-state index in [-0.39, 0.29) is 33.4 Å². The molecule has 3 rings (SSSR count). The van der Waals surface area contributed by atoms with Crippen LogP contribution in [0.25, 0.3) is 11.2 Å². The first kappa shape index (κ1) is 28.7. The Kier molecular flexibility index (Phi) is 7.54. The predicted molar refractivity (Wildman–Crippen MR) is 146 cm³/mol. The number of fused-ring (bicyclic) bond motifs is 1. The van der Waals surface area contributed by atoms with Gasteiger partial charge in [0.2, 0.25) is 5.95 Å². The van der Waals surface area contributed by atoms with Crippen LogP contribution in [0.3, 0.4) is 0 Å². The molecular formula is C24H43N5O5Si2. The first-order valence-corrected chi connectivity index (χ1v) is 18.3. The van der Waals surface area contributed by atoms with Crippen LogP contribution < -0.4 is 11.3 Å². The third kappa shape index (κ3) is 5.52. The number of H-pyrrole nitrogens is 1.